The molecule has 42 heavy (non-hydrogen) atoms. The molecule has 0 aliphatic rings. The first-order chi connectivity index (χ1) is 19.9. The number of carbonyl (C=O) groups is 3. The van der Waals surface area contributed by atoms with E-state index in [4.69, 9.17) is 20.1 Å². The van der Waals surface area contributed by atoms with Crippen LogP contribution in [0.4, 0.5) is 0 Å². The van der Waals surface area contributed by atoms with Gasteiger partial charge < -0.3 is 35.4 Å². The van der Waals surface area contributed by atoms with Crippen LogP contribution >= 0.6 is 0 Å². The second-order valence-electron chi connectivity index (χ2n) is 10.0. The molecule has 0 aromatic heterocycles. The fraction of sp³-hybridized carbons (Fsp3) is 0.719. The number of aliphatic hydroxyl groups excluding tert-OH is 3. The minimum Gasteiger partial charge on any atom is -0.478 e. The largest absolute Gasteiger partial charge is 0.478 e. The summed E-state index contributed by atoms with van der Waals surface area (Å²) in [4.78, 5) is 27.8. The van der Waals surface area contributed by atoms with E-state index in [2.05, 4.69) is 26.7 Å². The molecule has 0 aromatic carbocycles. The summed E-state index contributed by atoms with van der Waals surface area (Å²) in [5, 5.41) is 52.0. The third kappa shape index (κ3) is 29.0. The lowest BCUT2D eigenvalue weighted by Crippen LogP contribution is -2.55. The van der Waals surface area contributed by atoms with Gasteiger partial charge in [-0.25, -0.2) is 14.4 Å². The molecule has 0 aliphatic carbocycles. The van der Waals surface area contributed by atoms with Gasteiger partial charge in [0.05, 0.1) is 30.8 Å². The molecule has 0 spiro atoms. The van der Waals surface area contributed by atoms with Crippen molar-refractivity contribution in [3.63, 3.8) is 0 Å². The van der Waals surface area contributed by atoms with Crippen LogP contribution in [0.1, 0.15) is 111 Å². The molecule has 0 aliphatic heterocycles. The standard InChI is InChI=1S/C23H48O4.3C3H4O2/c1-4-6-7-8-9-10-11-12-13-14-15-16-17-18-22(3,27-5-2)23(19-24,20-25)21-26;3*1-2-3(4)5/h24-26H,4-21H2,1-3H3;3*2H,1H2,(H,4,5). The van der Waals surface area contributed by atoms with Gasteiger partial charge in [0.15, 0.2) is 0 Å². The van der Waals surface area contributed by atoms with Gasteiger partial charge in [-0.15, -0.1) is 0 Å². The third-order valence-electron chi connectivity index (χ3n) is 6.77. The number of carboxylic acids is 3. The molecule has 0 bridgehead atoms. The molecule has 0 amide bonds. The maximum Gasteiger partial charge on any atom is 0.327 e. The normalized spacial score (nSPS) is 11.6. The van der Waals surface area contributed by atoms with Crippen LogP contribution < -0.4 is 0 Å². The molecule has 0 saturated carbocycles. The van der Waals surface area contributed by atoms with E-state index >= 15 is 0 Å². The SMILES string of the molecule is C=CC(=O)O.C=CC(=O)O.C=CC(=O)O.CCCCCCCCCCCCCCCC(C)(OCC)C(CO)(CO)CO. The smallest absolute Gasteiger partial charge is 0.327 e. The summed E-state index contributed by atoms with van der Waals surface area (Å²) in [7, 11) is 0. The molecular weight excluding hydrogens is 544 g/mol. The summed E-state index contributed by atoms with van der Waals surface area (Å²) in [5.41, 5.74) is -1.68. The predicted molar refractivity (Wildman–Crippen MR) is 168 cm³/mol. The lowest BCUT2D eigenvalue weighted by Gasteiger charge is -2.45. The summed E-state index contributed by atoms with van der Waals surface area (Å²) < 4.78 is 5.89. The molecule has 0 aromatic rings. The van der Waals surface area contributed by atoms with Crippen LogP contribution in [0.3, 0.4) is 0 Å². The highest BCUT2D eigenvalue weighted by molar-refractivity contribution is 5.79. The number of carboxylic acid groups (broad SMARTS) is 3. The predicted octanol–water partition coefficient (Wildman–Crippen LogP) is 6.00. The second-order valence-corrected chi connectivity index (χ2v) is 10.0. The van der Waals surface area contributed by atoms with Crippen molar-refractivity contribution in [3.8, 4) is 0 Å². The summed E-state index contributed by atoms with van der Waals surface area (Å²) >= 11 is 0. The quantitative estimate of drug-likeness (QED) is 0.0598. The van der Waals surface area contributed by atoms with Crippen molar-refractivity contribution in [2.24, 2.45) is 5.41 Å². The highest BCUT2D eigenvalue weighted by Gasteiger charge is 2.47. The maximum atomic E-state index is 9.74. The van der Waals surface area contributed by atoms with E-state index in [1.165, 1.54) is 70.6 Å². The van der Waals surface area contributed by atoms with Gasteiger partial charge >= 0.3 is 17.9 Å². The van der Waals surface area contributed by atoms with Crippen LogP contribution in [-0.4, -0.2) is 80.6 Å². The number of unbranched alkanes of at least 4 members (excludes halogenated alkanes) is 12. The van der Waals surface area contributed by atoms with Gasteiger partial charge in [0, 0.05) is 24.8 Å². The Bertz CT molecular complexity index is 638. The number of aliphatic hydroxyl groups is 3. The van der Waals surface area contributed by atoms with Gasteiger partial charge in [0.1, 0.15) is 0 Å². The van der Waals surface area contributed by atoms with Crippen LogP contribution in [0.5, 0.6) is 0 Å². The zero-order valence-electron chi connectivity index (χ0n) is 26.4. The first-order valence-electron chi connectivity index (χ1n) is 14.9. The minimum absolute atomic E-state index is 0.269. The first-order valence-corrected chi connectivity index (χ1v) is 14.9. The van der Waals surface area contributed by atoms with Crippen molar-refractivity contribution in [1.82, 2.24) is 0 Å². The molecule has 1 unspecified atom stereocenters. The Balaban J connectivity index is -0.000000391. The summed E-state index contributed by atoms with van der Waals surface area (Å²) in [6, 6.07) is 0. The molecule has 0 radical (unpaired) electrons. The topological polar surface area (TPSA) is 182 Å². The van der Waals surface area contributed by atoms with Gasteiger partial charge in [-0.1, -0.05) is 110 Å². The minimum atomic E-state index is -0.986. The first kappa shape index (κ1) is 46.4. The molecule has 10 heteroatoms. The van der Waals surface area contributed by atoms with E-state index in [9.17, 15) is 29.7 Å². The molecule has 0 rings (SSSR count). The van der Waals surface area contributed by atoms with Crippen molar-refractivity contribution in [1.29, 1.82) is 0 Å². The van der Waals surface area contributed by atoms with E-state index in [0.717, 1.165) is 37.5 Å². The van der Waals surface area contributed by atoms with E-state index in [1.54, 1.807) is 0 Å². The second kappa shape index (κ2) is 33.0. The van der Waals surface area contributed by atoms with Crippen molar-refractivity contribution in [2.45, 2.75) is 116 Å². The Morgan fingerprint density at radius 2 is 0.857 bits per heavy atom. The van der Waals surface area contributed by atoms with E-state index in [1.807, 2.05) is 13.8 Å². The van der Waals surface area contributed by atoms with Gasteiger partial charge in [-0.2, -0.15) is 0 Å². The Labute approximate surface area is 253 Å². The summed E-state index contributed by atoms with van der Waals surface area (Å²) in [6.45, 7) is 14.7. The zero-order chi connectivity index (χ0) is 33.3. The zero-order valence-corrected chi connectivity index (χ0v) is 26.4. The Kier molecular flexibility index (Phi) is 36.5. The summed E-state index contributed by atoms with van der Waals surface area (Å²) in [5.74, 6) is -2.94. The van der Waals surface area contributed by atoms with E-state index < -0.39 is 28.9 Å². The molecular formula is C32H60O10. The average molecular weight is 605 g/mol. The molecule has 0 fully saturated rings. The summed E-state index contributed by atoms with van der Waals surface area (Å²) in [6.07, 6.45) is 20.3. The van der Waals surface area contributed by atoms with Crippen molar-refractivity contribution < 1.29 is 49.8 Å². The highest BCUT2D eigenvalue weighted by Crippen LogP contribution is 2.38. The Morgan fingerprint density at radius 3 is 1.07 bits per heavy atom. The third-order valence-corrected chi connectivity index (χ3v) is 6.77. The van der Waals surface area contributed by atoms with Crippen LogP contribution in [0.2, 0.25) is 0 Å². The molecule has 1 atom stereocenters. The highest BCUT2D eigenvalue weighted by atomic mass is 16.5. The Hall–Kier alpha value is -2.53. The van der Waals surface area contributed by atoms with E-state index in [-0.39, 0.29) is 19.8 Å². The molecule has 0 saturated heterocycles. The molecule has 0 heterocycles. The number of aliphatic carboxylic acids is 3. The lowest BCUT2D eigenvalue weighted by molar-refractivity contribution is -0.177. The fourth-order valence-electron chi connectivity index (χ4n) is 3.94. The monoisotopic (exact) mass is 604 g/mol. The van der Waals surface area contributed by atoms with Crippen LogP contribution in [-0.2, 0) is 19.1 Å². The van der Waals surface area contributed by atoms with Gasteiger partial charge in [-0.05, 0) is 20.3 Å². The average Bonchev–Trinajstić information content (AvgIpc) is 2.97. The number of ether oxygens (including phenoxy) is 1. The van der Waals surface area contributed by atoms with Crippen molar-refractivity contribution >= 4 is 17.9 Å². The number of hydrogen-bond donors (Lipinski definition) is 6. The molecule has 10 nitrogen and oxygen atoms in total. The van der Waals surface area contributed by atoms with Gasteiger partial charge in [0.25, 0.3) is 0 Å². The number of hydrogen-bond acceptors (Lipinski definition) is 7. The van der Waals surface area contributed by atoms with Crippen molar-refractivity contribution in [3.05, 3.63) is 38.0 Å². The molecule has 248 valence electrons. The van der Waals surface area contributed by atoms with Gasteiger partial charge in [-0.3, -0.25) is 0 Å². The lowest BCUT2D eigenvalue weighted by atomic mass is 9.71. The van der Waals surface area contributed by atoms with E-state index in [0.29, 0.717) is 6.61 Å². The van der Waals surface area contributed by atoms with Crippen LogP contribution in [0, 0.1) is 5.41 Å². The fourth-order valence-corrected chi connectivity index (χ4v) is 3.94. The van der Waals surface area contributed by atoms with Crippen molar-refractivity contribution in [2.75, 3.05) is 26.4 Å². The maximum absolute atomic E-state index is 9.74. The Morgan fingerprint density at radius 1 is 0.595 bits per heavy atom. The van der Waals surface area contributed by atoms with Crippen LogP contribution in [0.15, 0.2) is 38.0 Å². The molecule has 6 N–H and O–H groups in total. The van der Waals surface area contributed by atoms with Crippen LogP contribution in [0.25, 0.3) is 0 Å². The number of rotatable bonds is 23. The van der Waals surface area contributed by atoms with Gasteiger partial charge in [0.2, 0.25) is 0 Å².